The summed E-state index contributed by atoms with van der Waals surface area (Å²) in [6, 6.07) is 9.26. The predicted molar refractivity (Wildman–Crippen MR) is 63.8 cm³/mol. The fourth-order valence-electron chi connectivity index (χ4n) is 1.41. The number of anilines is 1. The van der Waals surface area contributed by atoms with Gasteiger partial charge in [-0.25, -0.2) is 9.37 Å². The van der Waals surface area contributed by atoms with E-state index in [1.54, 1.807) is 24.3 Å². The van der Waals surface area contributed by atoms with Crippen LogP contribution in [0.15, 0.2) is 30.3 Å². The van der Waals surface area contributed by atoms with Crippen LogP contribution in [0.3, 0.4) is 0 Å². The van der Waals surface area contributed by atoms with Gasteiger partial charge in [0.2, 0.25) is 0 Å². The molecule has 1 aromatic heterocycles. The zero-order chi connectivity index (χ0) is 12.4. The molecule has 2 N–H and O–H groups in total. The molecule has 0 amide bonds. The molecule has 0 aliphatic heterocycles. The monoisotopic (exact) mass is 247 g/mol. The van der Waals surface area contributed by atoms with Crippen molar-refractivity contribution in [3.05, 3.63) is 46.9 Å². The molecule has 0 aliphatic carbocycles. The Hall–Kier alpha value is -2.12. The van der Waals surface area contributed by atoms with Gasteiger partial charge in [0.05, 0.1) is 10.7 Å². The Morgan fingerprint density at radius 1 is 1.29 bits per heavy atom. The minimum atomic E-state index is -0.650. The lowest BCUT2D eigenvalue weighted by molar-refractivity contribution is 0.617. The van der Waals surface area contributed by atoms with Gasteiger partial charge in [-0.15, -0.1) is 0 Å². The predicted octanol–water partition coefficient (Wildman–Crippen LogP) is 2.99. The fraction of sp³-hybridized carbons (Fsp3) is 0. The first-order valence-corrected chi connectivity index (χ1v) is 5.11. The lowest BCUT2D eigenvalue weighted by Gasteiger charge is -2.05. The van der Waals surface area contributed by atoms with Crippen molar-refractivity contribution in [3.8, 4) is 17.3 Å². The van der Waals surface area contributed by atoms with Gasteiger partial charge in [-0.3, -0.25) is 0 Å². The molecule has 17 heavy (non-hydrogen) atoms. The number of halogens is 2. The average Bonchev–Trinajstić information content (AvgIpc) is 2.30. The number of nitrogen functional groups attached to an aromatic ring is 1. The highest BCUT2D eigenvalue weighted by atomic mass is 35.5. The van der Waals surface area contributed by atoms with Gasteiger partial charge in [-0.2, -0.15) is 5.26 Å². The molecule has 3 nitrogen and oxygen atoms in total. The van der Waals surface area contributed by atoms with Gasteiger partial charge in [0.25, 0.3) is 0 Å². The molecule has 0 unspecified atom stereocenters. The Kier molecular flexibility index (Phi) is 2.94. The first-order valence-electron chi connectivity index (χ1n) is 4.74. The summed E-state index contributed by atoms with van der Waals surface area (Å²) in [7, 11) is 0. The third kappa shape index (κ3) is 2.19. The fourth-order valence-corrected chi connectivity index (χ4v) is 1.70. The summed E-state index contributed by atoms with van der Waals surface area (Å²) in [5, 5.41) is 9.11. The van der Waals surface area contributed by atoms with E-state index in [1.807, 2.05) is 0 Å². The van der Waals surface area contributed by atoms with Gasteiger partial charge in [0, 0.05) is 11.3 Å². The molecule has 0 bridgehead atoms. The zero-order valence-corrected chi connectivity index (χ0v) is 9.37. The molecule has 0 saturated carbocycles. The van der Waals surface area contributed by atoms with Crippen molar-refractivity contribution in [2.24, 2.45) is 0 Å². The average molecular weight is 248 g/mol. The highest BCUT2D eigenvalue weighted by Gasteiger charge is 2.09. The van der Waals surface area contributed by atoms with Crippen molar-refractivity contribution in [1.29, 1.82) is 5.26 Å². The van der Waals surface area contributed by atoms with Gasteiger partial charge in [0.15, 0.2) is 11.5 Å². The van der Waals surface area contributed by atoms with Crippen LogP contribution in [-0.4, -0.2) is 4.98 Å². The molecule has 5 heteroatoms. The quantitative estimate of drug-likeness (QED) is 0.788. The molecule has 2 aromatic rings. The van der Waals surface area contributed by atoms with Gasteiger partial charge in [-0.1, -0.05) is 11.6 Å². The van der Waals surface area contributed by atoms with Gasteiger partial charge < -0.3 is 5.73 Å². The van der Waals surface area contributed by atoms with E-state index in [2.05, 4.69) is 4.98 Å². The van der Waals surface area contributed by atoms with Crippen LogP contribution in [-0.2, 0) is 0 Å². The minimum absolute atomic E-state index is 0.254. The van der Waals surface area contributed by atoms with Crippen LogP contribution in [0.2, 0.25) is 5.02 Å². The van der Waals surface area contributed by atoms with E-state index < -0.39 is 5.82 Å². The van der Waals surface area contributed by atoms with E-state index in [-0.39, 0.29) is 5.69 Å². The molecule has 0 fully saturated rings. The number of pyridine rings is 1. The highest BCUT2D eigenvalue weighted by molar-refractivity contribution is 6.33. The molecule has 0 aliphatic rings. The van der Waals surface area contributed by atoms with Crippen molar-refractivity contribution >= 4 is 17.3 Å². The number of nitrogens with two attached hydrogens (primary N) is 1. The first-order chi connectivity index (χ1) is 8.11. The van der Waals surface area contributed by atoms with Gasteiger partial charge >= 0.3 is 0 Å². The summed E-state index contributed by atoms with van der Waals surface area (Å²) in [4.78, 5) is 3.89. The van der Waals surface area contributed by atoms with Crippen LogP contribution >= 0.6 is 11.6 Å². The Labute approximate surface area is 102 Å². The van der Waals surface area contributed by atoms with Crippen LogP contribution in [0, 0.1) is 17.1 Å². The van der Waals surface area contributed by atoms with E-state index in [9.17, 15) is 4.39 Å². The van der Waals surface area contributed by atoms with E-state index in [1.165, 1.54) is 12.1 Å². The summed E-state index contributed by atoms with van der Waals surface area (Å²) >= 11 is 6.00. The number of benzene rings is 1. The second kappa shape index (κ2) is 4.40. The Morgan fingerprint density at radius 2 is 2.06 bits per heavy atom. The van der Waals surface area contributed by atoms with Crippen LogP contribution in [0.25, 0.3) is 11.3 Å². The van der Waals surface area contributed by atoms with Crippen LogP contribution in [0.1, 0.15) is 5.69 Å². The number of nitrogens with zero attached hydrogens (tertiary/aromatic N) is 2. The van der Waals surface area contributed by atoms with Crippen molar-refractivity contribution in [1.82, 2.24) is 4.98 Å². The van der Waals surface area contributed by atoms with Crippen molar-refractivity contribution in [2.75, 3.05) is 5.73 Å². The molecular formula is C12H7ClFN3. The van der Waals surface area contributed by atoms with E-state index in [0.717, 1.165) is 0 Å². The molecule has 0 radical (unpaired) electrons. The van der Waals surface area contributed by atoms with Crippen LogP contribution in [0.4, 0.5) is 10.1 Å². The second-order valence-corrected chi connectivity index (χ2v) is 3.79. The lowest BCUT2D eigenvalue weighted by atomic mass is 10.1. The number of hydrogen-bond donors (Lipinski definition) is 1. The third-order valence-corrected chi connectivity index (χ3v) is 2.53. The highest BCUT2D eigenvalue weighted by Crippen LogP contribution is 2.28. The standard InChI is InChI=1S/C12H7ClFN3/c13-9-5-7(16)1-2-8(9)11-4-3-10(14)12(6-15)17-11/h1-5H,16H2. The molecule has 0 saturated heterocycles. The van der Waals surface area contributed by atoms with Crippen LogP contribution in [0.5, 0.6) is 0 Å². The smallest absolute Gasteiger partial charge is 0.176 e. The summed E-state index contributed by atoms with van der Waals surface area (Å²) < 4.78 is 13.1. The number of nitriles is 1. The zero-order valence-electron chi connectivity index (χ0n) is 8.61. The summed E-state index contributed by atoms with van der Waals surface area (Å²) in [5.74, 6) is -0.650. The Morgan fingerprint density at radius 3 is 2.71 bits per heavy atom. The van der Waals surface area contributed by atoms with Crippen molar-refractivity contribution < 1.29 is 4.39 Å². The Bertz CT molecular complexity index is 620. The number of hydrogen-bond acceptors (Lipinski definition) is 3. The summed E-state index contributed by atoms with van der Waals surface area (Å²) in [6.07, 6.45) is 0. The molecule has 0 spiro atoms. The maximum Gasteiger partial charge on any atom is 0.176 e. The molecular weight excluding hydrogens is 241 g/mol. The molecule has 1 aromatic carbocycles. The number of rotatable bonds is 1. The summed E-state index contributed by atoms with van der Waals surface area (Å²) in [6.45, 7) is 0. The molecule has 0 atom stereocenters. The SMILES string of the molecule is N#Cc1nc(-c2ccc(N)cc2Cl)ccc1F. The Balaban J connectivity index is 2.58. The molecule has 1 heterocycles. The molecule has 2 rings (SSSR count). The maximum absolute atomic E-state index is 13.1. The normalized spacial score (nSPS) is 9.94. The van der Waals surface area contributed by atoms with Crippen molar-refractivity contribution in [3.63, 3.8) is 0 Å². The van der Waals surface area contributed by atoms with E-state index in [4.69, 9.17) is 22.6 Å². The van der Waals surface area contributed by atoms with E-state index >= 15 is 0 Å². The first kappa shape index (κ1) is 11.4. The van der Waals surface area contributed by atoms with Gasteiger partial charge in [0.1, 0.15) is 6.07 Å². The largest absolute Gasteiger partial charge is 0.399 e. The number of aromatic nitrogens is 1. The maximum atomic E-state index is 13.1. The van der Waals surface area contributed by atoms with Gasteiger partial charge in [-0.05, 0) is 30.3 Å². The summed E-state index contributed by atoms with van der Waals surface area (Å²) in [5.41, 5.74) is 6.89. The second-order valence-electron chi connectivity index (χ2n) is 3.38. The lowest BCUT2D eigenvalue weighted by Crippen LogP contribution is -1.93. The topological polar surface area (TPSA) is 62.7 Å². The third-order valence-electron chi connectivity index (χ3n) is 2.22. The van der Waals surface area contributed by atoms with Crippen molar-refractivity contribution in [2.45, 2.75) is 0 Å². The van der Waals surface area contributed by atoms with E-state index in [0.29, 0.717) is 22.0 Å². The molecule has 84 valence electrons. The minimum Gasteiger partial charge on any atom is -0.399 e. The van der Waals surface area contributed by atoms with Crippen LogP contribution < -0.4 is 5.73 Å².